The summed E-state index contributed by atoms with van der Waals surface area (Å²) in [5.41, 5.74) is 3.05. The molecule has 0 N–H and O–H groups in total. The van der Waals surface area contributed by atoms with Gasteiger partial charge in [-0.1, -0.05) is 0 Å². The van der Waals surface area contributed by atoms with Gasteiger partial charge in [-0.2, -0.15) is 0 Å². The molecule has 1 atom stereocenters. The summed E-state index contributed by atoms with van der Waals surface area (Å²) in [6, 6.07) is 0. The maximum atomic E-state index is 5.27. The molecule has 1 aliphatic heterocycles. The largest absolute Gasteiger partial charge is 0.369 e. The molecule has 7 heavy (non-hydrogen) atoms. The van der Waals surface area contributed by atoms with E-state index in [1.54, 1.807) is 5.57 Å². The van der Waals surface area contributed by atoms with Crippen LogP contribution in [0.5, 0.6) is 0 Å². The smallest absolute Gasteiger partial charge is 0.0832 e. The first-order chi connectivity index (χ1) is 3.38. The molecule has 1 unspecified atom stereocenters. The summed E-state index contributed by atoms with van der Waals surface area (Å²) < 4.78 is 5.27. The molecule has 1 nitrogen and oxygen atoms in total. The highest BCUT2D eigenvalue weighted by Gasteiger charge is 2.37. The predicted octanol–water partition coefficient (Wildman–Crippen LogP) is 1.11. The molecule has 2 aliphatic rings. The van der Waals surface area contributed by atoms with Crippen LogP contribution in [0.1, 0.15) is 13.3 Å². The first kappa shape index (κ1) is 3.67. The molecule has 2 rings (SSSR count). The van der Waals surface area contributed by atoms with Gasteiger partial charge in [0.15, 0.2) is 0 Å². The third-order valence-electron chi connectivity index (χ3n) is 1.68. The average molecular weight is 96.1 g/mol. The van der Waals surface area contributed by atoms with Crippen molar-refractivity contribution in [2.75, 3.05) is 6.61 Å². The summed E-state index contributed by atoms with van der Waals surface area (Å²) in [5, 5.41) is 0. The summed E-state index contributed by atoms with van der Waals surface area (Å²) in [6.45, 7) is 3.06. The fraction of sp³-hybridized carbons (Fsp3) is 0.667. The maximum absolute atomic E-state index is 5.27. The van der Waals surface area contributed by atoms with Crippen LogP contribution in [0.15, 0.2) is 11.1 Å². The van der Waals surface area contributed by atoms with E-state index in [0.717, 1.165) is 6.61 Å². The van der Waals surface area contributed by atoms with Crippen LogP contribution in [-0.4, -0.2) is 12.7 Å². The number of hydrogen-bond donors (Lipinski definition) is 0. The second kappa shape index (κ2) is 0.920. The van der Waals surface area contributed by atoms with Crippen LogP contribution in [0, 0.1) is 0 Å². The highest BCUT2D eigenvalue weighted by molar-refractivity contribution is 5.35. The van der Waals surface area contributed by atoms with Crippen LogP contribution in [-0.2, 0) is 4.74 Å². The Bertz CT molecular complexity index is 135. The van der Waals surface area contributed by atoms with E-state index in [2.05, 4.69) is 6.92 Å². The van der Waals surface area contributed by atoms with Gasteiger partial charge in [-0.15, -0.1) is 0 Å². The molecule has 0 saturated heterocycles. The molecule has 1 heterocycles. The number of rotatable bonds is 0. The Balaban J connectivity index is 2.36. The minimum absolute atomic E-state index is 0.569. The Labute approximate surface area is 43.0 Å². The normalized spacial score (nSPS) is 36.4. The first-order valence-corrected chi connectivity index (χ1v) is 2.68. The minimum atomic E-state index is 0.569. The zero-order valence-corrected chi connectivity index (χ0v) is 4.40. The Morgan fingerprint density at radius 3 is 2.71 bits per heavy atom. The second-order valence-corrected chi connectivity index (χ2v) is 2.31. The van der Waals surface area contributed by atoms with E-state index in [4.69, 9.17) is 4.74 Å². The molecule has 0 aromatic rings. The van der Waals surface area contributed by atoms with Gasteiger partial charge < -0.3 is 4.74 Å². The van der Waals surface area contributed by atoms with E-state index >= 15 is 0 Å². The maximum Gasteiger partial charge on any atom is 0.0832 e. The fourth-order valence-corrected chi connectivity index (χ4v) is 1.07. The van der Waals surface area contributed by atoms with Crippen LogP contribution < -0.4 is 0 Å². The minimum Gasteiger partial charge on any atom is -0.369 e. The number of hydrogen-bond acceptors (Lipinski definition) is 1. The van der Waals surface area contributed by atoms with E-state index < -0.39 is 0 Å². The van der Waals surface area contributed by atoms with Crippen LogP contribution in [0.25, 0.3) is 0 Å². The summed E-state index contributed by atoms with van der Waals surface area (Å²) in [7, 11) is 0. The molecule has 1 fully saturated rings. The summed E-state index contributed by atoms with van der Waals surface area (Å²) in [4.78, 5) is 0. The SMILES string of the molecule is CC1=C2CC2OC1. The van der Waals surface area contributed by atoms with Crippen LogP contribution in [0.3, 0.4) is 0 Å². The fourth-order valence-electron chi connectivity index (χ4n) is 1.07. The summed E-state index contributed by atoms with van der Waals surface area (Å²) in [6.07, 6.45) is 1.80. The third kappa shape index (κ3) is 0.361. The molecule has 0 radical (unpaired) electrons. The van der Waals surface area contributed by atoms with Crippen molar-refractivity contribution < 1.29 is 4.74 Å². The Hall–Kier alpha value is -0.300. The van der Waals surface area contributed by atoms with E-state index in [1.165, 1.54) is 12.0 Å². The van der Waals surface area contributed by atoms with E-state index in [0.29, 0.717) is 6.10 Å². The van der Waals surface area contributed by atoms with Gasteiger partial charge in [-0.3, -0.25) is 0 Å². The molecular weight excluding hydrogens is 88.1 g/mol. The molecule has 1 saturated carbocycles. The lowest BCUT2D eigenvalue weighted by molar-refractivity contribution is 0.164. The van der Waals surface area contributed by atoms with E-state index in [1.807, 2.05) is 0 Å². The molecule has 0 bridgehead atoms. The molecule has 0 spiro atoms. The van der Waals surface area contributed by atoms with Gasteiger partial charge in [0, 0.05) is 6.42 Å². The van der Waals surface area contributed by atoms with Crippen molar-refractivity contribution in [2.45, 2.75) is 19.4 Å². The lowest BCUT2D eigenvalue weighted by Gasteiger charge is -1.90. The van der Waals surface area contributed by atoms with Crippen LogP contribution in [0.4, 0.5) is 0 Å². The van der Waals surface area contributed by atoms with Crippen molar-refractivity contribution in [3.05, 3.63) is 11.1 Å². The highest BCUT2D eigenvalue weighted by Crippen LogP contribution is 2.40. The second-order valence-electron chi connectivity index (χ2n) is 2.31. The monoisotopic (exact) mass is 96.1 g/mol. The zero-order valence-electron chi connectivity index (χ0n) is 4.40. The van der Waals surface area contributed by atoms with Gasteiger partial charge in [-0.05, 0) is 18.1 Å². The van der Waals surface area contributed by atoms with Crippen LogP contribution in [0.2, 0.25) is 0 Å². The lowest BCUT2D eigenvalue weighted by Crippen LogP contribution is -1.88. The van der Waals surface area contributed by atoms with Gasteiger partial charge in [0.25, 0.3) is 0 Å². The Kier molecular flexibility index (Phi) is 0.482. The van der Waals surface area contributed by atoms with Crippen molar-refractivity contribution >= 4 is 0 Å². The predicted molar refractivity (Wildman–Crippen MR) is 27.1 cm³/mol. The summed E-state index contributed by atoms with van der Waals surface area (Å²) in [5.74, 6) is 0. The molecule has 0 aromatic heterocycles. The molecule has 0 amide bonds. The standard InChI is InChI=1S/C6H8O/c1-4-3-7-6-2-5(4)6/h6H,2-3H2,1H3. The molecule has 1 aliphatic carbocycles. The van der Waals surface area contributed by atoms with Crippen molar-refractivity contribution in [3.63, 3.8) is 0 Å². The van der Waals surface area contributed by atoms with Crippen molar-refractivity contribution in [1.82, 2.24) is 0 Å². The van der Waals surface area contributed by atoms with Gasteiger partial charge in [0.05, 0.1) is 12.7 Å². The Morgan fingerprint density at radius 2 is 2.57 bits per heavy atom. The van der Waals surface area contributed by atoms with Gasteiger partial charge in [0.2, 0.25) is 0 Å². The highest BCUT2D eigenvalue weighted by atomic mass is 16.5. The van der Waals surface area contributed by atoms with Crippen molar-refractivity contribution in [2.24, 2.45) is 0 Å². The molecule has 1 heteroatoms. The quantitative estimate of drug-likeness (QED) is 0.410. The van der Waals surface area contributed by atoms with E-state index in [-0.39, 0.29) is 0 Å². The van der Waals surface area contributed by atoms with Crippen LogP contribution >= 0.6 is 0 Å². The van der Waals surface area contributed by atoms with Gasteiger partial charge in [-0.25, -0.2) is 0 Å². The third-order valence-corrected chi connectivity index (χ3v) is 1.68. The average Bonchev–Trinajstić information content (AvgIpc) is 2.33. The van der Waals surface area contributed by atoms with Crippen molar-refractivity contribution in [1.29, 1.82) is 0 Å². The van der Waals surface area contributed by atoms with Crippen molar-refractivity contribution in [3.8, 4) is 0 Å². The number of fused-ring (bicyclic) bond motifs is 1. The Morgan fingerprint density at radius 1 is 1.71 bits per heavy atom. The topological polar surface area (TPSA) is 9.23 Å². The lowest BCUT2D eigenvalue weighted by atomic mass is 10.3. The van der Waals surface area contributed by atoms with Gasteiger partial charge >= 0.3 is 0 Å². The van der Waals surface area contributed by atoms with E-state index in [9.17, 15) is 0 Å². The molecule has 0 aromatic carbocycles. The first-order valence-electron chi connectivity index (χ1n) is 2.68. The number of ether oxygens (including phenoxy) is 1. The molecule has 38 valence electrons. The molecular formula is C6H8O. The summed E-state index contributed by atoms with van der Waals surface area (Å²) >= 11 is 0. The zero-order chi connectivity index (χ0) is 4.85. The van der Waals surface area contributed by atoms with Gasteiger partial charge in [0.1, 0.15) is 0 Å².